The molecule has 1 aliphatic rings. The van der Waals surface area contributed by atoms with Crippen molar-refractivity contribution in [2.75, 3.05) is 39.0 Å². The van der Waals surface area contributed by atoms with Gasteiger partial charge in [0.2, 0.25) is 5.91 Å². The number of anilines is 1. The van der Waals surface area contributed by atoms with Gasteiger partial charge in [0.05, 0.1) is 6.54 Å². The van der Waals surface area contributed by atoms with Gasteiger partial charge in [0.15, 0.2) is 0 Å². The Hall–Kier alpha value is -2.08. The van der Waals surface area contributed by atoms with Crippen molar-refractivity contribution in [3.63, 3.8) is 0 Å². The number of hydrogen-bond donors (Lipinski definition) is 2. The van der Waals surface area contributed by atoms with Gasteiger partial charge >= 0.3 is 6.03 Å². The van der Waals surface area contributed by atoms with Crippen LogP contribution in [0.25, 0.3) is 0 Å². The highest BCUT2D eigenvalue weighted by molar-refractivity contribution is 5.92. The predicted octanol–water partition coefficient (Wildman–Crippen LogP) is 2.13. The van der Waals surface area contributed by atoms with E-state index in [1.807, 2.05) is 48.2 Å². The maximum Gasteiger partial charge on any atom is 0.317 e. The molecule has 1 atom stereocenters. The molecule has 2 rings (SSSR count). The van der Waals surface area contributed by atoms with Crippen LogP contribution in [0.3, 0.4) is 0 Å². The lowest BCUT2D eigenvalue weighted by Gasteiger charge is -2.31. The van der Waals surface area contributed by atoms with Crippen LogP contribution in [0.4, 0.5) is 10.5 Å². The number of nitrogens with one attached hydrogen (secondary N) is 2. The molecule has 3 amide bonds. The van der Waals surface area contributed by atoms with Crippen molar-refractivity contribution in [3.05, 3.63) is 29.8 Å². The Labute approximate surface area is 144 Å². The average molecular weight is 332 g/mol. The number of piperidine rings is 1. The number of hydrogen-bond acceptors (Lipinski definition) is 3. The van der Waals surface area contributed by atoms with Crippen molar-refractivity contribution >= 4 is 17.6 Å². The van der Waals surface area contributed by atoms with Crippen LogP contribution in [0.1, 0.15) is 25.3 Å². The highest BCUT2D eigenvalue weighted by Gasteiger charge is 2.20. The molecule has 1 aromatic rings. The van der Waals surface area contributed by atoms with E-state index >= 15 is 0 Å². The first-order valence-electron chi connectivity index (χ1n) is 8.50. The van der Waals surface area contributed by atoms with Gasteiger partial charge in [-0.15, -0.1) is 0 Å². The maximum absolute atomic E-state index is 12.2. The lowest BCUT2D eigenvalue weighted by atomic mass is 10.0. The van der Waals surface area contributed by atoms with E-state index < -0.39 is 0 Å². The smallest absolute Gasteiger partial charge is 0.317 e. The third-order valence-electron chi connectivity index (χ3n) is 4.06. The van der Waals surface area contributed by atoms with Gasteiger partial charge < -0.3 is 20.4 Å². The van der Waals surface area contributed by atoms with Crippen LogP contribution in [0.2, 0.25) is 0 Å². The first kappa shape index (κ1) is 18.3. The van der Waals surface area contributed by atoms with Crippen LogP contribution in [0.5, 0.6) is 0 Å². The van der Waals surface area contributed by atoms with Gasteiger partial charge in [0, 0.05) is 25.3 Å². The minimum Gasteiger partial charge on any atom is -0.334 e. The topological polar surface area (TPSA) is 64.7 Å². The van der Waals surface area contributed by atoms with Gasteiger partial charge in [-0.3, -0.25) is 4.79 Å². The zero-order valence-corrected chi connectivity index (χ0v) is 14.8. The number of nitrogens with zero attached hydrogens (tertiary/aromatic N) is 2. The van der Waals surface area contributed by atoms with E-state index in [2.05, 4.69) is 17.6 Å². The van der Waals surface area contributed by atoms with Gasteiger partial charge in [-0.2, -0.15) is 0 Å². The van der Waals surface area contributed by atoms with Gasteiger partial charge in [0.1, 0.15) is 0 Å². The summed E-state index contributed by atoms with van der Waals surface area (Å²) in [7, 11) is 3.71. The number of benzene rings is 1. The fourth-order valence-corrected chi connectivity index (χ4v) is 2.91. The summed E-state index contributed by atoms with van der Waals surface area (Å²) in [5.41, 5.74) is 1.72. The Kier molecular flexibility index (Phi) is 6.61. The van der Waals surface area contributed by atoms with E-state index in [-0.39, 0.29) is 11.9 Å². The molecule has 0 saturated carbocycles. The first-order valence-corrected chi connectivity index (χ1v) is 8.50. The van der Waals surface area contributed by atoms with E-state index in [4.69, 9.17) is 0 Å². The maximum atomic E-state index is 12.2. The van der Waals surface area contributed by atoms with Crippen molar-refractivity contribution < 1.29 is 9.59 Å². The van der Waals surface area contributed by atoms with Crippen LogP contribution < -0.4 is 10.6 Å². The van der Waals surface area contributed by atoms with E-state index in [0.29, 0.717) is 19.0 Å². The van der Waals surface area contributed by atoms with Crippen LogP contribution >= 0.6 is 0 Å². The molecule has 0 bridgehead atoms. The summed E-state index contributed by atoms with van der Waals surface area (Å²) in [5.74, 6) is 0.517. The summed E-state index contributed by atoms with van der Waals surface area (Å²) >= 11 is 0. The number of carbonyl (C=O) groups excluding carboxylic acids is 2. The van der Waals surface area contributed by atoms with E-state index in [1.165, 1.54) is 6.42 Å². The molecule has 1 unspecified atom stereocenters. The van der Waals surface area contributed by atoms with Crippen molar-refractivity contribution in [1.29, 1.82) is 0 Å². The highest BCUT2D eigenvalue weighted by Crippen LogP contribution is 2.15. The highest BCUT2D eigenvalue weighted by atomic mass is 16.2. The number of amides is 3. The SMILES string of the molecule is CC1CCCN(C(=O)NCc2cccc(NC(=O)CN(C)C)c2)C1. The Morgan fingerprint density at radius 2 is 2.12 bits per heavy atom. The minimum atomic E-state index is -0.0523. The minimum absolute atomic E-state index is 0.0106. The molecule has 2 N–H and O–H groups in total. The average Bonchev–Trinajstić information content (AvgIpc) is 2.52. The van der Waals surface area contributed by atoms with Gasteiger partial charge in [0.25, 0.3) is 0 Å². The Balaban J connectivity index is 1.85. The predicted molar refractivity (Wildman–Crippen MR) is 95.8 cm³/mol. The fraction of sp³-hybridized carbons (Fsp3) is 0.556. The molecule has 0 radical (unpaired) electrons. The van der Waals surface area contributed by atoms with Crippen LogP contribution in [0, 0.1) is 5.92 Å². The fourth-order valence-electron chi connectivity index (χ4n) is 2.91. The quantitative estimate of drug-likeness (QED) is 0.868. The molecular formula is C18H28N4O2. The van der Waals surface area contributed by atoms with Crippen molar-refractivity contribution in [2.45, 2.75) is 26.3 Å². The molecule has 0 spiro atoms. The molecule has 1 heterocycles. The molecule has 1 aliphatic heterocycles. The molecule has 0 aliphatic carbocycles. The summed E-state index contributed by atoms with van der Waals surface area (Å²) in [6.45, 7) is 4.64. The molecule has 132 valence electrons. The molecule has 6 nitrogen and oxygen atoms in total. The summed E-state index contributed by atoms with van der Waals surface area (Å²) in [6.07, 6.45) is 2.26. The molecule has 24 heavy (non-hydrogen) atoms. The summed E-state index contributed by atoms with van der Waals surface area (Å²) in [6, 6.07) is 7.57. The van der Waals surface area contributed by atoms with Gasteiger partial charge in [-0.1, -0.05) is 19.1 Å². The normalized spacial score (nSPS) is 17.7. The van der Waals surface area contributed by atoms with E-state index in [1.54, 1.807) is 0 Å². The Morgan fingerprint density at radius 1 is 1.33 bits per heavy atom. The molecule has 1 saturated heterocycles. The lowest BCUT2D eigenvalue weighted by Crippen LogP contribution is -2.44. The van der Waals surface area contributed by atoms with Crippen molar-refractivity contribution in [2.24, 2.45) is 5.92 Å². The zero-order chi connectivity index (χ0) is 17.5. The second-order valence-corrected chi connectivity index (χ2v) is 6.84. The molecule has 6 heteroatoms. The van der Waals surface area contributed by atoms with Gasteiger partial charge in [-0.05, 0) is 50.6 Å². The van der Waals surface area contributed by atoms with Crippen molar-refractivity contribution in [1.82, 2.24) is 15.1 Å². The number of rotatable bonds is 5. The van der Waals surface area contributed by atoms with Crippen LogP contribution in [-0.2, 0) is 11.3 Å². The standard InChI is InChI=1S/C18H28N4O2/c1-14-6-5-9-22(12-14)18(24)19-11-15-7-4-8-16(10-15)20-17(23)13-21(2)3/h4,7-8,10,14H,5-6,9,11-13H2,1-3H3,(H,19,24)(H,20,23). The number of likely N-dealkylation sites (tertiary alicyclic amines) is 1. The largest absolute Gasteiger partial charge is 0.334 e. The first-order chi connectivity index (χ1) is 11.4. The van der Waals surface area contributed by atoms with Crippen molar-refractivity contribution in [3.8, 4) is 0 Å². The van der Waals surface area contributed by atoms with E-state index in [9.17, 15) is 9.59 Å². The third-order valence-corrected chi connectivity index (χ3v) is 4.06. The third kappa shape index (κ3) is 5.85. The van der Waals surface area contributed by atoms with Crippen LogP contribution in [-0.4, -0.2) is 55.5 Å². The summed E-state index contributed by atoms with van der Waals surface area (Å²) in [4.78, 5) is 27.8. The summed E-state index contributed by atoms with van der Waals surface area (Å²) < 4.78 is 0. The monoisotopic (exact) mass is 332 g/mol. The number of urea groups is 1. The molecule has 1 fully saturated rings. The molecule has 1 aromatic carbocycles. The van der Waals surface area contributed by atoms with E-state index in [0.717, 1.165) is 30.8 Å². The second-order valence-electron chi connectivity index (χ2n) is 6.84. The number of likely N-dealkylation sites (N-methyl/N-ethyl adjacent to an activating group) is 1. The zero-order valence-electron chi connectivity index (χ0n) is 14.8. The van der Waals surface area contributed by atoms with Gasteiger partial charge in [-0.25, -0.2) is 4.79 Å². The second kappa shape index (κ2) is 8.68. The Morgan fingerprint density at radius 3 is 2.83 bits per heavy atom. The molecule has 0 aromatic heterocycles. The lowest BCUT2D eigenvalue weighted by molar-refractivity contribution is -0.116. The Bertz CT molecular complexity index is 574. The molecular weight excluding hydrogens is 304 g/mol. The number of carbonyl (C=O) groups is 2. The summed E-state index contributed by atoms with van der Waals surface area (Å²) in [5, 5.41) is 5.83. The van der Waals surface area contributed by atoms with Crippen LogP contribution in [0.15, 0.2) is 24.3 Å².